The number of hydrogen-bond acceptors (Lipinski definition) is 1. The Labute approximate surface area is 169 Å². The number of rotatable bonds is 5. The quantitative estimate of drug-likeness (QED) is 0.322. The van der Waals surface area contributed by atoms with Gasteiger partial charge < -0.3 is 0 Å². The second-order valence-electron chi connectivity index (χ2n) is 6.81. The van der Waals surface area contributed by atoms with Crippen LogP contribution in [0, 0.1) is 0 Å². The Morgan fingerprint density at radius 3 is 1.87 bits per heavy atom. The number of hydrogen-bond donors (Lipinski definition) is 0. The molecule has 0 aliphatic heterocycles. The summed E-state index contributed by atoms with van der Waals surface area (Å²) >= 11 is 0. The van der Waals surface area contributed by atoms with Crippen molar-refractivity contribution >= 4 is 5.78 Å². The first-order chi connectivity index (χ1) is 14.1. The molecule has 3 aromatic rings. The van der Waals surface area contributed by atoms with Crippen LogP contribution in [0.4, 0.5) is 26.3 Å². The molecule has 3 aromatic carbocycles. The highest BCUT2D eigenvalue weighted by atomic mass is 19.4. The third-order valence-corrected chi connectivity index (χ3v) is 4.69. The summed E-state index contributed by atoms with van der Waals surface area (Å²) in [6.07, 6.45) is -9.34. The van der Waals surface area contributed by atoms with Crippen molar-refractivity contribution in [3.8, 4) is 0 Å². The first-order valence-corrected chi connectivity index (χ1v) is 8.98. The van der Waals surface area contributed by atoms with Crippen LogP contribution in [-0.4, -0.2) is 5.78 Å². The van der Waals surface area contributed by atoms with Gasteiger partial charge in [-0.05, 0) is 29.7 Å². The lowest BCUT2D eigenvalue weighted by Gasteiger charge is -2.19. The number of carbonyl (C=O) groups is 1. The molecule has 3 rings (SSSR count). The van der Waals surface area contributed by atoms with Crippen molar-refractivity contribution in [1.82, 2.24) is 0 Å². The van der Waals surface area contributed by atoms with Gasteiger partial charge in [0.1, 0.15) is 0 Å². The minimum atomic E-state index is -4.60. The van der Waals surface area contributed by atoms with Gasteiger partial charge in [0.05, 0.1) is 17.0 Å². The summed E-state index contributed by atoms with van der Waals surface area (Å²) in [5, 5.41) is 0. The molecule has 0 saturated heterocycles. The monoisotopic (exact) mass is 422 g/mol. The Morgan fingerprint density at radius 1 is 0.700 bits per heavy atom. The zero-order valence-electron chi connectivity index (χ0n) is 15.5. The number of alkyl halides is 6. The predicted octanol–water partition coefficient (Wildman–Crippen LogP) is 6.93. The van der Waals surface area contributed by atoms with Gasteiger partial charge in [-0.15, -0.1) is 0 Å². The van der Waals surface area contributed by atoms with Gasteiger partial charge in [0, 0.05) is 5.56 Å². The highest BCUT2D eigenvalue weighted by Gasteiger charge is 2.33. The number of Topliss-reactive ketones (excluding diaryl/α,β-unsaturated/α-hetero) is 1. The highest BCUT2D eigenvalue weighted by Crippen LogP contribution is 2.34. The predicted molar refractivity (Wildman–Crippen MR) is 100 cm³/mol. The zero-order valence-corrected chi connectivity index (χ0v) is 15.5. The molecule has 7 heteroatoms. The van der Waals surface area contributed by atoms with Crippen LogP contribution in [0.5, 0.6) is 0 Å². The van der Waals surface area contributed by atoms with Crippen LogP contribution >= 0.6 is 0 Å². The van der Waals surface area contributed by atoms with E-state index in [0.29, 0.717) is 0 Å². The lowest BCUT2D eigenvalue weighted by atomic mass is 9.84. The Morgan fingerprint density at radius 2 is 1.27 bits per heavy atom. The van der Waals surface area contributed by atoms with Crippen molar-refractivity contribution in [3.63, 3.8) is 0 Å². The second kappa shape index (κ2) is 8.34. The smallest absolute Gasteiger partial charge is 0.293 e. The summed E-state index contributed by atoms with van der Waals surface area (Å²) in [7, 11) is 0. The molecule has 0 amide bonds. The van der Waals surface area contributed by atoms with Gasteiger partial charge in [-0.2, -0.15) is 26.3 Å². The lowest BCUT2D eigenvalue weighted by molar-refractivity contribution is -0.138. The SMILES string of the molecule is O=C(c1ccccc1)C(Cc1cccc(C(F)(F)F)c1)c1cccc(C(F)(F)F)c1. The van der Waals surface area contributed by atoms with Crippen LogP contribution in [0.1, 0.15) is 38.5 Å². The third kappa shape index (κ3) is 5.09. The highest BCUT2D eigenvalue weighted by molar-refractivity contribution is 6.01. The summed E-state index contributed by atoms with van der Waals surface area (Å²) in [4.78, 5) is 13.1. The molecule has 156 valence electrons. The Balaban J connectivity index is 2.04. The van der Waals surface area contributed by atoms with Crippen LogP contribution in [0.15, 0.2) is 78.9 Å². The molecule has 0 saturated carbocycles. The summed E-state index contributed by atoms with van der Waals surface area (Å²) in [6, 6.07) is 16.7. The van der Waals surface area contributed by atoms with Crippen molar-refractivity contribution in [2.24, 2.45) is 0 Å². The first-order valence-electron chi connectivity index (χ1n) is 8.98. The van der Waals surface area contributed by atoms with Crippen LogP contribution in [0.2, 0.25) is 0 Å². The topological polar surface area (TPSA) is 17.1 Å². The first kappa shape index (κ1) is 21.6. The van der Waals surface area contributed by atoms with E-state index in [1.54, 1.807) is 18.2 Å². The van der Waals surface area contributed by atoms with Gasteiger partial charge in [0.15, 0.2) is 5.78 Å². The molecule has 0 radical (unpaired) electrons. The van der Waals surface area contributed by atoms with Gasteiger partial charge in [-0.1, -0.05) is 66.7 Å². The van der Waals surface area contributed by atoms with E-state index in [9.17, 15) is 31.1 Å². The van der Waals surface area contributed by atoms with E-state index in [-0.39, 0.29) is 23.1 Å². The van der Waals surface area contributed by atoms with E-state index in [2.05, 4.69) is 0 Å². The molecule has 0 aliphatic carbocycles. The van der Waals surface area contributed by atoms with Crippen LogP contribution in [0.25, 0.3) is 0 Å². The Kier molecular flexibility index (Phi) is 6.01. The van der Waals surface area contributed by atoms with Crippen molar-refractivity contribution in [2.45, 2.75) is 24.7 Å². The van der Waals surface area contributed by atoms with E-state index in [1.165, 1.54) is 36.4 Å². The van der Waals surface area contributed by atoms with Gasteiger partial charge in [0.2, 0.25) is 0 Å². The third-order valence-electron chi connectivity index (χ3n) is 4.69. The van der Waals surface area contributed by atoms with E-state index in [1.807, 2.05) is 0 Å². The molecular formula is C23H16F6O. The molecule has 0 aliphatic rings. The molecule has 30 heavy (non-hydrogen) atoms. The molecular weight excluding hydrogens is 406 g/mol. The number of halogens is 6. The average molecular weight is 422 g/mol. The van der Waals surface area contributed by atoms with Crippen LogP contribution in [0.3, 0.4) is 0 Å². The summed E-state index contributed by atoms with van der Waals surface area (Å²) in [5.41, 5.74) is -1.23. The fourth-order valence-electron chi connectivity index (χ4n) is 3.21. The Bertz CT molecular complexity index is 1020. The minimum absolute atomic E-state index is 0.0936. The molecule has 0 aromatic heterocycles. The van der Waals surface area contributed by atoms with Crippen molar-refractivity contribution in [2.75, 3.05) is 0 Å². The average Bonchev–Trinajstić information content (AvgIpc) is 2.71. The summed E-state index contributed by atoms with van der Waals surface area (Å²) < 4.78 is 78.6. The summed E-state index contributed by atoms with van der Waals surface area (Å²) in [6.45, 7) is 0. The van der Waals surface area contributed by atoms with Crippen molar-refractivity contribution in [3.05, 3.63) is 107 Å². The maximum atomic E-state index is 13.2. The van der Waals surface area contributed by atoms with Gasteiger partial charge in [-0.3, -0.25) is 4.79 Å². The van der Waals surface area contributed by atoms with Crippen molar-refractivity contribution < 1.29 is 31.1 Å². The van der Waals surface area contributed by atoms with E-state index in [0.717, 1.165) is 24.3 Å². The van der Waals surface area contributed by atoms with E-state index >= 15 is 0 Å². The standard InChI is InChI=1S/C23H16F6O/c24-22(25,26)18-10-4-6-15(12-18)13-20(21(30)16-7-2-1-3-8-16)17-9-5-11-19(14-17)23(27,28)29/h1-12,14,20H,13H2. The normalized spacial score (nSPS) is 13.1. The van der Waals surface area contributed by atoms with Gasteiger partial charge in [0.25, 0.3) is 0 Å². The fourth-order valence-corrected chi connectivity index (χ4v) is 3.21. The van der Waals surface area contributed by atoms with Gasteiger partial charge >= 0.3 is 12.4 Å². The maximum absolute atomic E-state index is 13.2. The number of benzene rings is 3. The molecule has 0 N–H and O–H groups in total. The fraction of sp³-hybridized carbons (Fsp3) is 0.174. The zero-order chi connectivity index (χ0) is 21.9. The molecule has 0 bridgehead atoms. The molecule has 1 nitrogen and oxygen atoms in total. The molecule has 0 spiro atoms. The number of carbonyl (C=O) groups excluding carboxylic acids is 1. The van der Waals surface area contributed by atoms with Crippen LogP contribution < -0.4 is 0 Å². The van der Waals surface area contributed by atoms with Crippen LogP contribution in [-0.2, 0) is 18.8 Å². The molecule has 1 unspecified atom stereocenters. The molecule has 0 heterocycles. The second-order valence-corrected chi connectivity index (χ2v) is 6.81. The molecule has 1 atom stereocenters. The minimum Gasteiger partial charge on any atom is -0.293 e. The maximum Gasteiger partial charge on any atom is 0.416 e. The van der Waals surface area contributed by atoms with E-state index < -0.39 is 35.2 Å². The number of ketones is 1. The Hall–Kier alpha value is -3.09. The largest absolute Gasteiger partial charge is 0.416 e. The van der Waals surface area contributed by atoms with Crippen molar-refractivity contribution in [1.29, 1.82) is 0 Å². The lowest BCUT2D eigenvalue weighted by Crippen LogP contribution is -2.17. The van der Waals surface area contributed by atoms with Gasteiger partial charge in [-0.25, -0.2) is 0 Å². The van der Waals surface area contributed by atoms with E-state index in [4.69, 9.17) is 0 Å². The summed E-state index contributed by atoms with van der Waals surface area (Å²) in [5.74, 6) is -1.54. The molecule has 0 fully saturated rings.